The van der Waals surface area contributed by atoms with Gasteiger partial charge in [0, 0.05) is 0 Å². The van der Waals surface area contributed by atoms with E-state index in [1.54, 1.807) is 0 Å². The summed E-state index contributed by atoms with van der Waals surface area (Å²) in [6.45, 7) is 0. The Morgan fingerprint density at radius 1 is 0.963 bits per heavy atom. The van der Waals surface area contributed by atoms with Crippen molar-refractivity contribution < 1.29 is 14.0 Å². The van der Waals surface area contributed by atoms with Crippen LogP contribution in [0, 0.1) is 28.5 Å². The predicted octanol–water partition coefficient (Wildman–Crippen LogP) is 0.635. The second kappa shape index (κ2) is 7.76. The van der Waals surface area contributed by atoms with E-state index in [1.807, 2.05) is 12.1 Å². The molecule has 1 aromatic rings. The average Bonchev–Trinajstić information content (AvgIpc) is 2.65. The van der Waals surface area contributed by atoms with E-state index in [1.165, 1.54) is 12.1 Å². The fourth-order valence-electron chi connectivity index (χ4n) is 2.36. The monoisotopic (exact) mass is 388 g/mol. The van der Waals surface area contributed by atoms with E-state index in [0.29, 0.717) is 27.3 Å². The van der Waals surface area contributed by atoms with Gasteiger partial charge in [0.05, 0.1) is 29.2 Å². The van der Waals surface area contributed by atoms with E-state index in [9.17, 15) is 24.5 Å². The number of rotatable bonds is 3. The van der Waals surface area contributed by atoms with Gasteiger partial charge < -0.3 is 11.5 Å². The summed E-state index contributed by atoms with van der Waals surface area (Å²) in [7, 11) is 0. The minimum atomic E-state index is -1.09. The van der Waals surface area contributed by atoms with Crippen LogP contribution in [0.2, 0.25) is 0 Å². The largest absolute Gasteiger partial charge is 0.350 e. The molecular weight excluding hydrogens is 375 g/mol. The number of nitrogens with two attached hydrogens (primary N) is 4. The number of nitriles is 2. The van der Waals surface area contributed by atoms with Crippen molar-refractivity contribution in [3.05, 3.63) is 56.9 Å². The summed E-state index contributed by atoms with van der Waals surface area (Å²) >= 11 is 0.612. The lowest BCUT2D eigenvalue weighted by atomic mass is 9.85. The Kier molecular flexibility index (Phi) is 5.67. The highest BCUT2D eigenvalue weighted by Crippen LogP contribution is 2.47. The molecule has 0 radical (unpaired) electrons. The predicted molar refractivity (Wildman–Crippen MR) is 93.2 cm³/mol. The number of benzene rings is 1. The number of carbonyl (C=O) groups excluding carboxylic acids is 2. The first-order chi connectivity index (χ1) is 12.7. The zero-order valence-electron chi connectivity index (χ0n) is 13.6. The summed E-state index contributed by atoms with van der Waals surface area (Å²) in [5.74, 6) is 9.65. The third-order valence-electron chi connectivity index (χ3n) is 3.59. The molecule has 138 valence electrons. The maximum absolute atomic E-state index is 13.3. The molecule has 1 aromatic carbocycles. The normalized spacial score (nSPS) is 14.4. The Labute approximate surface area is 157 Å². The molecular formula is C15H13FN8O2S. The number of amides is 4. The van der Waals surface area contributed by atoms with E-state index in [0.717, 1.165) is 12.1 Å². The first kappa shape index (κ1) is 19.7. The number of hydrogen-bond donors (Lipinski definition) is 4. The first-order valence-electron chi connectivity index (χ1n) is 7.13. The zero-order valence-corrected chi connectivity index (χ0v) is 14.4. The lowest BCUT2D eigenvalue weighted by molar-refractivity contribution is 0.223. The number of halogens is 1. The van der Waals surface area contributed by atoms with Crippen LogP contribution in [0.25, 0.3) is 0 Å². The Morgan fingerprint density at radius 2 is 1.37 bits per heavy atom. The minimum Gasteiger partial charge on any atom is -0.350 e. The van der Waals surface area contributed by atoms with Gasteiger partial charge in [-0.15, -0.1) is 0 Å². The highest BCUT2D eigenvalue weighted by molar-refractivity contribution is 8.06. The molecule has 12 heteroatoms. The van der Waals surface area contributed by atoms with E-state index in [-0.39, 0.29) is 21.2 Å². The number of urea groups is 2. The highest BCUT2D eigenvalue weighted by atomic mass is 32.2. The van der Waals surface area contributed by atoms with Crippen LogP contribution in [0.1, 0.15) is 11.5 Å². The number of carbonyl (C=O) groups is 2. The molecule has 0 bridgehead atoms. The van der Waals surface area contributed by atoms with Crippen LogP contribution in [0.15, 0.2) is 45.5 Å². The van der Waals surface area contributed by atoms with Crippen LogP contribution < -0.4 is 23.2 Å². The number of allylic oxidation sites excluding steroid dienone is 2. The van der Waals surface area contributed by atoms with Gasteiger partial charge in [-0.2, -0.15) is 10.5 Å². The van der Waals surface area contributed by atoms with Gasteiger partial charge in [-0.1, -0.05) is 12.1 Å². The van der Waals surface area contributed by atoms with Crippen molar-refractivity contribution in [2.45, 2.75) is 5.92 Å². The molecule has 4 amide bonds. The van der Waals surface area contributed by atoms with E-state index >= 15 is 0 Å². The summed E-state index contributed by atoms with van der Waals surface area (Å²) in [5.41, 5.74) is 10.5. The summed E-state index contributed by atoms with van der Waals surface area (Å²) in [6, 6.07) is 6.52. The first-order valence-corrected chi connectivity index (χ1v) is 7.94. The summed E-state index contributed by atoms with van der Waals surface area (Å²) in [4.78, 5) is 23.0. The third-order valence-corrected chi connectivity index (χ3v) is 4.81. The summed E-state index contributed by atoms with van der Waals surface area (Å²) in [5, 5.41) is 19.9. The van der Waals surface area contributed by atoms with Crippen molar-refractivity contribution in [3.63, 3.8) is 0 Å². The van der Waals surface area contributed by atoms with Crippen molar-refractivity contribution >= 4 is 23.8 Å². The van der Waals surface area contributed by atoms with Crippen molar-refractivity contribution in [1.29, 1.82) is 10.5 Å². The van der Waals surface area contributed by atoms with Gasteiger partial charge in [0.1, 0.15) is 15.9 Å². The van der Waals surface area contributed by atoms with Crippen LogP contribution in [0.5, 0.6) is 0 Å². The molecule has 2 rings (SSSR count). The van der Waals surface area contributed by atoms with Gasteiger partial charge in [-0.3, -0.25) is 0 Å². The van der Waals surface area contributed by atoms with E-state index in [4.69, 9.17) is 23.2 Å². The van der Waals surface area contributed by atoms with Gasteiger partial charge in [-0.05, 0) is 29.5 Å². The van der Waals surface area contributed by atoms with Crippen molar-refractivity contribution in [2.24, 2.45) is 23.2 Å². The van der Waals surface area contributed by atoms with Crippen LogP contribution in [0.4, 0.5) is 14.0 Å². The minimum absolute atomic E-state index is 0.105. The maximum atomic E-state index is 13.3. The molecule has 10 nitrogen and oxygen atoms in total. The van der Waals surface area contributed by atoms with Crippen molar-refractivity contribution in [3.8, 4) is 12.1 Å². The molecule has 1 heterocycles. The lowest BCUT2D eigenvalue weighted by Crippen LogP contribution is -2.44. The number of hydrazine groups is 2. The van der Waals surface area contributed by atoms with E-state index in [2.05, 4.69) is 0 Å². The van der Waals surface area contributed by atoms with Crippen LogP contribution in [-0.4, -0.2) is 22.1 Å². The van der Waals surface area contributed by atoms with E-state index < -0.39 is 23.8 Å². The zero-order chi connectivity index (χ0) is 20.3. The summed E-state index contributed by atoms with van der Waals surface area (Å²) < 4.78 is 13.3. The molecule has 0 saturated carbocycles. The second-order valence-corrected chi connectivity index (χ2v) is 6.14. The molecule has 1 aliphatic rings. The molecule has 1 aliphatic heterocycles. The van der Waals surface area contributed by atoms with Crippen LogP contribution >= 0.6 is 11.8 Å². The Morgan fingerprint density at radius 3 is 1.70 bits per heavy atom. The van der Waals surface area contributed by atoms with Gasteiger partial charge >= 0.3 is 12.1 Å². The molecule has 8 N–H and O–H groups in total. The fraction of sp³-hybridized carbons (Fsp3) is 0.0667. The second-order valence-electron chi connectivity index (χ2n) is 5.16. The highest BCUT2D eigenvalue weighted by Gasteiger charge is 2.38. The van der Waals surface area contributed by atoms with Crippen molar-refractivity contribution in [1.82, 2.24) is 10.0 Å². The third kappa shape index (κ3) is 3.68. The molecule has 0 atom stereocenters. The molecule has 0 unspecified atom stereocenters. The molecule has 0 spiro atoms. The molecule has 0 aromatic heterocycles. The molecule has 0 aliphatic carbocycles. The van der Waals surface area contributed by atoms with Gasteiger partial charge in [-0.25, -0.2) is 35.7 Å². The Hall–Kier alpha value is -3.58. The van der Waals surface area contributed by atoms with Crippen molar-refractivity contribution in [2.75, 3.05) is 0 Å². The standard InChI is InChI=1S/C15H13FN8O2S/c16-8-3-1-7(2-4-8)11-9(5-17)12(23(21)14(19)25)27-13(10(11)6-18)24(22)15(20)26/h1-4,11H,21-22H2,(H2,19,25)(H2,20,26). The molecule has 27 heavy (non-hydrogen) atoms. The van der Waals surface area contributed by atoms with Gasteiger partial charge in [0.15, 0.2) is 0 Å². The smallest absolute Gasteiger partial charge is 0.334 e. The van der Waals surface area contributed by atoms with Crippen LogP contribution in [0.3, 0.4) is 0 Å². The number of hydrogen-bond acceptors (Lipinski definition) is 7. The quantitative estimate of drug-likeness (QED) is 0.331. The number of thioether (sulfide) groups is 1. The van der Waals surface area contributed by atoms with Gasteiger partial charge in [0.2, 0.25) is 0 Å². The number of nitrogens with zero attached hydrogens (tertiary/aromatic N) is 4. The van der Waals surface area contributed by atoms with Crippen LogP contribution in [-0.2, 0) is 0 Å². The lowest BCUT2D eigenvalue weighted by Gasteiger charge is -2.31. The average molecular weight is 388 g/mol. The topological polar surface area (TPSA) is 192 Å². The summed E-state index contributed by atoms with van der Waals surface area (Å²) in [6.07, 6.45) is 0. The molecule has 0 saturated heterocycles. The maximum Gasteiger partial charge on any atom is 0.334 e. The molecule has 0 fully saturated rings. The van der Waals surface area contributed by atoms with Gasteiger partial charge in [0.25, 0.3) is 0 Å². The Bertz CT molecular complexity index is 890. The Balaban J connectivity index is 2.80. The fourth-order valence-corrected chi connectivity index (χ4v) is 3.47. The number of primary amides is 2. The SMILES string of the molecule is N#CC1=C(N(N)C(N)=O)SC(N(N)C(N)=O)=C(C#N)C1c1ccc(F)cc1.